The second-order valence-corrected chi connectivity index (χ2v) is 9.53. The molecule has 2 aromatic rings. The highest BCUT2D eigenvalue weighted by Crippen LogP contribution is 2.26. The number of halogens is 1. The summed E-state index contributed by atoms with van der Waals surface area (Å²) in [6, 6.07) is 12.7. The number of benzene rings is 1. The predicted octanol–water partition coefficient (Wildman–Crippen LogP) is 7.60. The first-order valence-corrected chi connectivity index (χ1v) is 12.7. The Morgan fingerprint density at radius 3 is 2.58 bits per heavy atom. The van der Waals surface area contributed by atoms with Gasteiger partial charge in [-0.05, 0) is 49.1 Å². The second-order valence-electron chi connectivity index (χ2n) is 9.09. The average Bonchev–Trinajstić information content (AvgIpc) is 3.21. The Bertz CT molecular complexity index is 794. The fourth-order valence-electron chi connectivity index (χ4n) is 4.77. The number of nitrogens with zero attached hydrogens (tertiary/aromatic N) is 2. The molecule has 170 valence electrons. The SMILES string of the molecule is CCCCCCCCC(=O)N(Cc1cccn1Cc1cccc(Cl)c1)C1CCCCC1. The van der Waals surface area contributed by atoms with E-state index in [1.54, 1.807) is 0 Å². The molecule has 0 bridgehead atoms. The van der Waals surface area contributed by atoms with Crippen LogP contribution < -0.4 is 0 Å². The van der Waals surface area contributed by atoms with Gasteiger partial charge in [0.1, 0.15) is 0 Å². The molecule has 3 nitrogen and oxygen atoms in total. The molecule has 31 heavy (non-hydrogen) atoms. The first-order valence-electron chi connectivity index (χ1n) is 12.4. The minimum atomic E-state index is 0.345. The molecule has 1 fully saturated rings. The maximum atomic E-state index is 13.3. The van der Waals surface area contributed by atoms with Crippen LogP contribution >= 0.6 is 11.6 Å². The van der Waals surface area contributed by atoms with Gasteiger partial charge >= 0.3 is 0 Å². The summed E-state index contributed by atoms with van der Waals surface area (Å²) in [7, 11) is 0. The molecule has 1 saturated carbocycles. The quantitative estimate of drug-likeness (QED) is 0.310. The number of hydrogen-bond donors (Lipinski definition) is 0. The van der Waals surface area contributed by atoms with Crippen molar-refractivity contribution in [2.45, 2.75) is 103 Å². The van der Waals surface area contributed by atoms with Crippen LogP contribution in [0, 0.1) is 0 Å². The summed E-state index contributed by atoms with van der Waals surface area (Å²) in [5.41, 5.74) is 2.40. The number of rotatable bonds is 12. The van der Waals surface area contributed by atoms with Crippen LogP contribution in [0.3, 0.4) is 0 Å². The molecule has 3 rings (SSSR count). The molecule has 1 aromatic heterocycles. The van der Waals surface area contributed by atoms with Crippen molar-refractivity contribution in [2.75, 3.05) is 0 Å². The first-order chi connectivity index (χ1) is 15.2. The van der Waals surface area contributed by atoms with Crippen LogP contribution in [0.1, 0.15) is 95.2 Å². The van der Waals surface area contributed by atoms with Crippen LogP contribution in [0.25, 0.3) is 0 Å². The van der Waals surface area contributed by atoms with E-state index < -0.39 is 0 Å². The van der Waals surface area contributed by atoms with Gasteiger partial charge in [-0.1, -0.05) is 82.0 Å². The van der Waals surface area contributed by atoms with Crippen molar-refractivity contribution in [1.82, 2.24) is 9.47 Å². The number of amides is 1. The Labute approximate surface area is 193 Å². The number of carbonyl (C=O) groups excluding carboxylic acids is 1. The molecule has 4 heteroatoms. The second kappa shape index (κ2) is 13.0. The molecule has 0 spiro atoms. The molecule has 0 N–H and O–H groups in total. The topological polar surface area (TPSA) is 25.2 Å². The van der Waals surface area contributed by atoms with Crippen LogP contribution in [0.5, 0.6) is 0 Å². The predicted molar refractivity (Wildman–Crippen MR) is 130 cm³/mol. The summed E-state index contributed by atoms with van der Waals surface area (Å²) in [5.74, 6) is 0.345. The molecule has 0 radical (unpaired) electrons. The third-order valence-electron chi connectivity index (χ3n) is 6.58. The van der Waals surface area contributed by atoms with Crippen LogP contribution in [0.4, 0.5) is 0 Å². The highest BCUT2D eigenvalue weighted by atomic mass is 35.5. The van der Waals surface area contributed by atoms with Crippen LogP contribution in [-0.2, 0) is 17.9 Å². The Balaban J connectivity index is 1.63. The zero-order chi connectivity index (χ0) is 21.9. The van der Waals surface area contributed by atoms with Gasteiger partial charge in [-0.15, -0.1) is 0 Å². The van der Waals surface area contributed by atoms with Gasteiger partial charge in [0.25, 0.3) is 0 Å². The molecule has 0 atom stereocenters. The lowest BCUT2D eigenvalue weighted by molar-refractivity contribution is -0.135. The highest BCUT2D eigenvalue weighted by Gasteiger charge is 2.26. The zero-order valence-electron chi connectivity index (χ0n) is 19.2. The smallest absolute Gasteiger partial charge is 0.223 e. The van der Waals surface area contributed by atoms with Gasteiger partial charge in [0, 0.05) is 35.9 Å². The van der Waals surface area contributed by atoms with Crippen molar-refractivity contribution < 1.29 is 4.79 Å². The van der Waals surface area contributed by atoms with Crippen LogP contribution in [0.15, 0.2) is 42.6 Å². The number of aromatic nitrogens is 1. The number of carbonyl (C=O) groups is 1. The maximum Gasteiger partial charge on any atom is 0.223 e. The lowest BCUT2D eigenvalue weighted by Crippen LogP contribution is -2.41. The Hall–Kier alpha value is -1.74. The monoisotopic (exact) mass is 442 g/mol. The van der Waals surface area contributed by atoms with Crippen LogP contribution in [0.2, 0.25) is 5.02 Å². The van der Waals surface area contributed by atoms with E-state index in [0.29, 0.717) is 24.9 Å². The standard InChI is InChI=1S/C27H39ClN2O/c1-2-3-4-5-6-10-18-27(31)30(25-15-8-7-9-16-25)22-26-17-12-19-29(26)21-23-13-11-14-24(28)20-23/h11-14,17,19-20,25H,2-10,15-16,18,21-22H2,1H3. The molecule has 1 heterocycles. The summed E-state index contributed by atoms with van der Waals surface area (Å²) in [6.45, 7) is 3.74. The molecule has 1 aromatic carbocycles. The van der Waals surface area contributed by atoms with E-state index in [0.717, 1.165) is 30.8 Å². The van der Waals surface area contributed by atoms with E-state index in [4.69, 9.17) is 11.6 Å². The largest absolute Gasteiger partial charge is 0.345 e. The fourth-order valence-corrected chi connectivity index (χ4v) is 4.98. The lowest BCUT2D eigenvalue weighted by Gasteiger charge is -2.35. The average molecular weight is 443 g/mol. The van der Waals surface area contributed by atoms with Gasteiger partial charge in [-0.2, -0.15) is 0 Å². The van der Waals surface area contributed by atoms with Crippen molar-refractivity contribution in [2.24, 2.45) is 0 Å². The van der Waals surface area contributed by atoms with Gasteiger partial charge < -0.3 is 9.47 Å². The molecule has 0 saturated heterocycles. The van der Waals surface area contributed by atoms with Crippen molar-refractivity contribution in [3.63, 3.8) is 0 Å². The maximum absolute atomic E-state index is 13.3. The van der Waals surface area contributed by atoms with Crippen LogP contribution in [-0.4, -0.2) is 21.4 Å². The summed E-state index contributed by atoms with van der Waals surface area (Å²) >= 11 is 6.18. The van der Waals surface area contributed by atoms with E-state index >= 15 is 0 Å². The van der Waals surface area contributed by atoms with Gasteiger partial charge in [-0.25, -0.2) is 0 Å². The molecular formula is C27H39ClN2O. The van der Waals surface area contributed by atoms with Crippen molar-refractivity contribution in [1.29, 1.82) is 0 Å². The summed E-state index contributed by atoms with van der Waals surface area (Å²) in [5, 5.41) is 0.768. The fraction of sp³-hybridized carbons (Fsp3) is 0.593. The molecule has 1 amide bonds. The van der Waals surface area contributed by atoms with Gasteiger partial charge in [0.2, 0.25) is 5.91 Å². The Morgan fingerprint density at radius 1 is 1.03 bits per heavy atom. The summed E-state index contributed by atoms with van der Waals surface area (Å²) < 4.78 is 2.26. The third kappa shape index (κ3) is 7.71. The normalized spacial score (nSPS) is 14.6. The lowest BCUT2D eigenvalue weighted by atomic mass is 9.93. The zero-order valence-corrected chi connectivity index (χ0v) is 20.0. The number of hydrogen-bond acceptors (Lipinski definition) is 1. The van der Waals surface area contributed by atoms with E-state index in [-0.39, 0.29) is 0 Å². The van der Waals surface area contributed by atoms with Gasteiger partial charge in [0.05, 0.1) is 6.54 Å². The van der Waals surface area contributed by atoms with Crippen molar-refractivity contribution in [3.05, 3.63) is 58.9 Å². The van der Waals surface area contributed by atoms with E-state index in [9.17, 15) is 4.79 Å². The molecule has 0 aliphatic heterocycles. The number of unbranched alkanes of at least 4 members (excludes halogenated alkanes) is 5. The van der Waals surface area contributed by atoms with Gasteiger partial charge in [0.15, 0.2) is 0 Å². The van der Waals surface area contributed by atoms with Crippen molar-refractivity contribution in [3.8, 4) is 0 Å². The minimum absolute atomic E-state index is 0.345. The molecule has 1 aliphatic rings. The summed E-state index contributed by atoms with van der Waals surface area (Å²) in [6.07, 6.45) is 16.2. The molecule has 0 unspecified atom stereocenters. The Morgan fingerprint density at radius 2 is 1.81 bits per heavy atom. The minimum Gasteiger partial charge on any atom is -0.345 e. The molecule has 1 aliphatic carbocycles. The first kappa shape index (κ1) is 23.9. The van der Waals surface area contributed by atoms with E-state index in [1.807, 2.05) is 18.2 Å². The highest BCUT2D eigenvalue weighted by molar-refractivity contribution is 6.30. The van der Waals surface area contributed by atoms with E-state index in [1.165, 1.54) is 62.6 Å². The van der Waals surface area contributed by atoms with Gasteiger partial charge in [-0.3, -0.25) is 4.79 Å². The summed E-state index contributed by atoms with van der Waals surface area (Å²) in [4.78, 5) is 15.5. The Kier molecular flexibility index (Phi) is 9.99. The van der Waals surface area contributed by atoms with E-state index in [2.05, 4.69) is 40.8 Å². The molecular weight excluding hydrogens is 404 g/mol. The van der Waals surface area contributed by atoms with Crippen molar-refractivity contribution >= 4 is 17.5 Å². The third-order valence-corrected chi connectivity index (χ3v) is 6.81.